The van der Waals surface area contributed by atoms with Crippen molar-refractivity contribution in [3.05, 3.63) is 42.2 Å². The number of halogens is 1. The first-order chi connectivity index (χ1) is 6.42. The second-order valence-corrected chi connectivity index (χ2v) is 2.80. The van der Waals surface area contributed by atoms with Gasteiger partial charge in [-0.3, -0.25) is 0 Å². The highest BCUT2D eigenvalue weighted by Crippen LogP contribution is 2.18. The number of nitrogens with one attached hydrogen (secondary N) is 1. The van der Waals surface area contributed by atoms with Gasteiger partial charge in [0.25, 0.3) is 0 Å². The molecule has 1 heterocycles. The Hall–Kier alpha value is -1.32. The number of rotatable bonds is 2. The number of imidazole rings is 1. The van der Waals surface area contributed by atoms with Crippen LogP contribution in [-0.4, -0.2) is 9.97 Å². The quantitative estimate of drug-likeness (QED) is 0.795. The number of aromatic amines is 1. The summed E-state index contributed by atoms with van der Waals surface area (Å²) in [6, 6.07) is 7.99. The molecule has 3 N–H and O–H groups in total. The van der Waals surface area contributed by atoms with Crippen LogP contribution in [0.2, 0.25) is 0 Å². The second-order valence-electron chi connectivity index (χ2n) is 2.80. The molecule has 0 radical (unpaired) electrons. The van der Waals surface area contributed by atoms with Crippen molar-refractivity contribution in [1.82, 2.24) is 9.97 Å². The highest BCUT2D eigenvalue weighted by Gasteiger charge is 2.03. The lowest BCUT2D eigenvalue weighted by atomic mass is 10.1. The third-order valence-corrected chi connectivity index (χ3v) is 1.99. The van der Waals surface area contributed by atoms with Crippen molar-refractivity contribution in [2.45, 2.75) is 6.54 Å². The maximum absolute atomic E-state index is 5.62. The molecule has 0 spiro atoms. The highest BCUT2D eigenvalue weighted by atomic mass is 35.5. The highest BCUT2D eigenvalue weighted by molar-refractivity contribution is 5.85. The number of nitrogens with two attached hydrogens (primary N) is 1. The first-order valence-corrected chi connectivity index (χ1v) is 4.19. The van der Waals surface area contributed by atoms with Crippen molar-refractivity contribution in [3.63, 3.8) is 0 Å². The van der Waals surface area contributed by atoms with Crippen LogP contribution < -0.4 is 5.73 Å². The molecule has 1 aromatic carbocycles. The van der Waals surface area contributed by atoms with Crippen LogP contribution in [0.4, 0.5) is 0 Å². The fourth-order valence-corrected chi connectivity index (χ4v) is 1.34. The van der Waals surface area contributed by atoms with E-state index in [0.29, 0.717) is 6.54 Å². The van der Waals surface area contributed by atoms with Gasteiger partial charge >= 0.3 is 0 Å². The molecule has 0 unspecified atom stereocenters. The number of nitrogens with zero attached hydrogens (tertiary/aromatic N) is 1. The predicted octanol–water partition coefficient (Wildman–Crippen LogP) is 1.96. The molecular weight excluding hydrogens is 198 g/mol. The Kier molecular flexibility index (Phi) is 3.68. The smallest absolute Gasteiger partial charge is 0.137 e. The van der Waals surface area contributed by atoms with E-state index in [1.807, 2.05) is 30.5 Å². The third kappa shape index (κ3) is 1.95. The van der Waals surface area contributed by atoms with E-state index >= 15 is 0 Å². The van der Waals surface area contributed by atoms with E-state index in [2.05, 4.69) is 9.97 Å². The summed E-state index contributed by atoms with van der Waals surface area (Å²) in [4.78, 5) is 7.25. The molecule has 3 nitrogen and oxygen atoms in total. The van der Waals surface area contributed by atoms with E-state index in [1.54, 1.807) is 6.20 Å². The molecular formula is C10H12ClN3. The summed E-state index contributed by atoms with van der Waals surface area (Å²) >= 11 is 0. The van der Waals surface area contributed by atoms with Crippen molar-refractivity contribution in [1.29, 1.82) is 0 Å². The van der Waals surface area contributed by atoms with E-state index in [9.17, 15) is 0 Å². The zero-order chi connectivity index (χ0) is 9.10. The molecule has 14 heavy (non-hydrogen) atoms. The van der Waals surface area contributed by atoms with Crippen molar-refractivity contribution in [2.75, 3.05) is 0 Å². The third-order valence-electron chi connectivity index (χ3n) is 1.99. The molecule has 0 fully saturated rings. The summed E-state index contributed by atoms with van der Waals surface area (Å²) in [5, 5.41) is 0. The van der Waals surface area contributed by atoms with E-state index in [1.165, 1.54) is 0 Å². The van der Waals surface area contributed by atoms with Crippen molar-refractivity contribution in [2.24, 2.45) is 5.73 Å². The molecule has 0 aliphatic rings. The van der Waals surface area contributed by atoms with Gasteiger partial charge in [0.2, 0.25) is 0 Å². The van der Waals surface area contributed by atoms with Crippen LogP contribution in [-0.2, 0) is 6.54 Å². The topological polar surface area (TPSA) is 54.7 Å². The van der Waals surface area contributed by atoms with E-state index < -0.39 is 0 Å². The molecule has 0 atom stereocenters. The monoisotopic (exact) mass is 209 g/mol. The summed E-state index contributed by atoms with van der Waals surface area (Å²) in [7, 11) is 0. The Morgan fingerprint density at radius 3 is 2.71 bits per heavy atom. The van der Waals surface area contributed by atoms with Gasteiger partial charge in [-0.1, -0.05) is 24.3 Å². The van der Waals surface area contributed by atoms with Crippen LogP contribution in [0, 0.1) is 0 Å². The van der Waals surface area contributed by atoms with Crippen LogP contribution >= 0.6 is 12.4 Å². The molecule has 1 aromatic heterocycles. The number of aromatic nitrogens is 2. The average Bonchev–Trinajstić information content (AvgIpc) is 2.70. The van der Waals surface area contributed by atoms with Crippen molar-refractivity contribution in [3.8, 4) is 11.4 Å². The molecule has 0 saturated carbocycles. The van der Waals surface area contributed by atoms with Gasteiger partial charge < -0.3 is 10.7 Å². The lowest BCUT2D eigenvalue weighted by Gasteiger charge is -2.03. The summed E-state index contributed by atoms with van der Waals surface area (Å²) in [5.74, 6) is 0.876. The van der Waals surface area contributed by atoms with E-state index in [-0.39, 0.29) is 12.4 Å². The zero-order valence-corrected chi connectivity index (χ0v) is 8.42. The molecule has 74 valence electrons. The van der Waals surface area contributed by atoms with Crippen LogP contribution in [0.1, 0.15) is 5.56 Å². The first kappa shape index (κ1) is 10.8. The number of benzene rings is 1. The van der Waals surface area contributed by atoms with E-state index in [4.69, 9.17) is 5.73 Å². The lowest BCUT2D eigenvalue weighted by Crippen LogP contribution is -1.98. The second kappa shape index (κ2) is 4.79. The maximum Gasteiger partial charge on any atom is 0.137 e. The normalized spacial score (nSPS) is 9.50. The van der Waals surface area contributed by atoms with Gasteiger partial charge in [-0.2, -0.15) is 0 Å². The summed E-state index contributed by atoms with van der Waals surface area (Å²) in [5.41, 5.74) is 7.80. The average molecular weight is 210 g/mol. The first-order valence-electron chi connectivity index (χ1n) is 4.19. The molecule has 0 amide bonds. The Labute approximate surface area is 88.8 Å². The molecule has 0 aliphatic carbocycles. The van der Waals surface area contributed by atoms with Gasteiger partial charge in [-0.05, 0) is 5.56 Å². The Bertz CT molecular complexity index is 384. The van der Waals surface area contributed by atoms with E-state index in [0.717, 1.165) is 17.0 Å². The minimum Gasteiger partial charge on any atom is -0.345 e. The summed E-state index contributed by atoms with van der Waals surface area (Å²) < 4.78 is 0. The fraction of sp³-hybridized carbons (Fsp3) is 0.100. The van der Waals surface area contributed by atoms with Crippen molar-refractivity contribution >= 4 is 12.4 Å². The number of hydrogen-bond donors (Lipinski definition) is 2. The van der Waals surface area contributed by atoms with Crippen LogP contribution in [0.3, 0.4) is 0 Å². The lowest BCUT2D eigenvalue weighted by molar-refractivity contribution is 1.07. The van der Waals surface area contributed by atoms with Gasteiger partial charge in [0, 0.05) is 24.5 Å². The molecule has 0 saturated heterocycles. The minimum atomic E-state index is 0. The van der Waals surface area contributed by atoms with Gasteiger partial charge in [0.05, 0.1) is 0 Å². The fourth-order valence-electron chi connectivity index (χ4n) is 1.34. The predicted molar refractivity (Wildman–Crippen MR) is 59.2 cm³/mol. The Morgan fingerprint density at radius 2 is 2.07 bits per heavy atom. The molecule has 0 bridgehead atoms. The zero-order valence-electron chi connectivity index (χ0n) is 7.60. The SMILES string of the molecule is Cl.NCc1ccccc1-c1ncc[nH]1. The number of H-pyrrole nitrogens is 1. The molecule has 4 heteroatoms. The van der Waals surface area contributed by atoms with Crippen LogP contribution in [0.25, 0.3) is 11.4 Å². The minimum absolute atomic E-state index is 0. The van der Waals surface area contributed by atoms with Crippen molar-refractivity contribution < 1.29 is 0 Å². The molecule has 2 rings (SSSR count). The van der Waals surface area contributed by atoms with Gasteiger partial charge in [0.15, 0.2) is 0 Å². The number of hydrogen-bond acceptors (Lipinski definition) is 2. The van der Waals surface area contributed by atoms with Crippen LogP contribution in [0.15, 0.2) is 36.7 Å². The summed E-state index contributed by atoms with van der Waals surface area (Å²) in [6.45, 7) is 0.539. The maximum atomic E-state index is 5.62. The Balaban J connectivity index is 0.000000980. The summed E-state index contributed by atoms with van der Waals surface area (Å²) in [6.07, 6.45) is 3.55. The Morgan fingerprint density at radius 1 is 1.29 bits per heavy atom. The van der Waals surface area contributed by atoms with Gasteiger partial charge in [-0.25, -0.2) is 4.98 Å². The molecule has 2 aromatic rings. The van der Waals surface area contributed by atoms with Gasteiger partial charge in [0.1, 0.15) is 5.82 Å². The molecule has 0 aliphatic heterocycles. The largest absolute Gasteiger partial charge is 0.345 e. The van der Waals surface area contributed by atoms with Crippen LogP contribution in [0.5, 0.6) is 0 Å². The van der Waals surface area contributed by atoms with Gasteiger partial charge in [-0.15, -0.1) is 12.4 Å². The standard InChI is InChI=1S/C10H11N3.ClH/c11-7-8-3-1-2-4-9(8)10-12-5-6-13-10;/h1-6H,7,11H2,(H,12,13);1H.